The Balaban J connectivity index is 2.24. The van der Waals surface area contributed by atoms with E-state index in [1.54, 1.807) is 11.3 Å². The number of nitrogens with one attached hydrogen (secondary N) is 1. The summed E-state index contributed by atoms with van der Waals surface area (Å²) in [6.45, 7) is 2.76. The van der Waals surface area contributed by atoms with Crippen molar-refractivity contribution in [1.29, 1.82) is 0 Å². The van der Waals surface area contributed by atoms with Crippen molar-refractivity contribution in [3.05, 3.63) is 33.2 Å². The second kappa shape index (κ2) is 3.43. The summed E-state index contributed by atoms with van der Waals surface area (Å²) in [6.07, 6.45) is 3.76. The maximum absolute atomic E-state index is 5.07. The molecule has 2 aromatic rings. The van der Waals surface area contributed by atoms with Crippen molar-refractivity contribution in [2.75, 3.05) is 0 Å². The third-order valence-corrected chi connectivity index (χ3v) is 2.90. The van der Waals surface area contributed by atoms with Gasteiger partial charge in [0.05, 0.1) is 17.2 Å². The van der Waals surface area contributed by atoms with Crippen molar-refractivity contribution < 1.29 is 0 Å². The molecule has 0 saturated heterocycles. The number of aromatic nitrogens is 3. The Morgan fingerprint density at radius 1 is 1.69 bits per heavy atom. The minimum absolute atomic E-state index is 0.741. The number of aryl methyl sites for hydroxylation is 1. The molecule has 0 spiro atoms. The molecule has 0 aliphatic carbocycles. The lowest BCUT2D eigenvalue weighted by Crippen LogP contribution is -1.98. The number of hydrogen-bond acceptors (Lipinski definition) is 3. The molecule has 0 aromatic carbocycles. The molecule has 0 unspecified atom stereocenters. The summed E-state index contributed by atoms with van der Waals surface area (Å²) in [7, 11) is 0. The van der Waals surface area contributed by atoms with E-state index in [2.05, 4.69) is 15.3 Å². The number of imidazole rings is 1. The highest BCUT2D eigenvalue weighted by atomic mass is 32.1. The lowest BCUT2D eigenvalue weighted by molar-refractivity contribution is 0.765. The minimum Gasteiger partial charge on any atom is -0.337 e. The van der Waals surface area contributed by atoms with E-state index in [0.29, 0.717) is 0 Å². The van der Waals surface area contributed by atoms with Crippen LogP contribution in [0.25, 0.3) is 0 Å². The monoisotopic (exact) mass is 211 g/mol. The van der Waals surface area contributed by atoms with E-state index in [1.165, 1.54) is 0 Å². The molecule has 0 bridgehead atoms. The van der Waals surface area contributed by atoms with Crippen molar-refractivity contribution in [1.82, 2.24) is 14.5 Å². The van der Waals surface area contributed by atoms with Crippen LogP contribution in [0.1, 0.15) is 10.7 Å². The highest BCUT2D eigenvalue weighted by Crippen LogP contribution is 2.09. The second-order valence-electron chi connectivity index (χ2n) is 2.75. The van der Waals surface area contributed by atoms with Gasteiger partial charge in [0, 0.05) is 17.8 Å². The SMILES string of the molecule is Cc1nc(Cn2cc[nH]c2=S)cs1. The van der Waals surface area contributed by atoms with Crippen molar-refractivity contribution in [2.24, 2.45) is 0 Å². The predicted octanol–water partition coefficient (Wildman–Crippen LogP) is 2.36. The number of aromatic amines is 1. The quantitative estimate of drug-likeness (QED) is 0.774. The fourth-order valence-electron chi connectivity index (χ4n) is 1.13. The van der Waals surface area contributed by atoms with Crippen LogP contribution < -0.4 is 0 Å². The Morgan fingerprint density at radius 2 is 2.54 bits per heavy atom. The Kier molecular flexibility index (Phi) is 2.28. The Morgan fingerprint density at radius 3 is 3.08 bits per heavy atom. The molecule has 13 heavy (non-hydrogen) atoms. The van der Waals surface area contributed by atoms with Gasteiger partial charge in [0.25, 0.3) is 0 Å². The summed E-state index contributed by atoms with van der Waals surface area (Å²) >= 11 is 6.74. The first-order valence-corrected chi connectivity index (χ1v) is 5.19. The number of hydrogen-bond donors (Lipinski definition) is 1. The molecule has 2 rings (SSSR count). The zero-order valence-corrected chi connectivity index (χ0v) is 8.78. The van der Waals surface area contributed by atoms with Gasteiger partial charge in [-0.05, 0) is 19.1 Å². The van der Waals surface area contributed by atoms with Gasteiger partial charge in [0.2, 0.25) is 0 Å². The van der Waals surface area contributed by atoms with Crippen LogP contribution in [0.5, 0.6) is 0 Å². The molecule has 3 nitrogen and oxygen atoms in total. The van der Waals surface area contributed by atoms with Gasteiger partial charge < -0.3 is 9.55 Å². The van der Waals surface area contributed by atoms with Crippen molar-refractivity contribution >= 4 is 23.6 Å². The van der Waals surface area contributed by atoms with Crippen molar-refractivity contribution in [3.63, 3.8) is 0 Å². The molecule has 0 radical (unpaired) electrons. The van der Waals surface area contributed by atoms with Gasteiger partial charge in [-0.15, -0.1) is 11.3 Å². The highest BCUT2D eigenvalue weighted by molar-refractivity contribution is 7.71. The molecular weight excluding hydrogens is 202 g/mol. The second-order valence-corrected chi connectivity index (χ2v) is 4.20. The summed E-state index contributed by atoms with van der Waals surface area (Å²) in [6, 6.07) is 0. The summed E-state index contributed by atoms with van der Waals surface area (Å²) in [4.78, 5) is 7.31. The molecule has 68 valence electrons. The molecular formula is C8H9N3S2. The van der Waals surface area contributed by atoms with E-state index in [4.69, 9.17) is 12.2 Å². The van der Waals surface area contributed by atoms with Crippen LogP contribution in [-0.4, -0.2) is 14.5 Å². The van der Waals surface area contributed by atoms with Gasteiger partial charge >= 0.3 is 0 Å². The maximum atomic E-state index is 5.07. The lowest BCUT2D eigenvalue weighted by atomic mass is 10.5. The molecule has 1 N–H and O–H groups in total. The molecule has 0 aliphatic rings. The normalized spacial score (nSPS) is 10.5. The summed E-state index contributed by atoms with van der Waals surface area (Å²) in [5.74, 6) is 0. The fraction of sp³-hybridized carbons (Fsp3) is 0.250. The number of rotatable bonds is 2. The average molecular weight is 211 g/mol. The van der Waals surface area contributed by atoms with Crippen LogP contribution >= 0.6 is 23.6 Å². The van der Waals surface area contributed by atoms with E-state index in [1.807, 2.05) is 23.9 Å². The Hall–Kier alpha value is -0.940. The number of H-pyrrole nitrogens is 1. The van der Waals surface area contributed by atoms with E-state index >= 15 is 0 Å². The Bertz CT molecular complexity index is 452. The fourth-order valence-corrected chi connectivity index (χ4v) is 1.93. The first-order chi connectivity index (χ1) is 6.25. The molecule has 0 fully saturated rings. The smallest absolute Gasteiger partial charge is 0.177 e. The maximum Gasteiger partial charge on any atom is 0.177 e. The third kappa shape index (κ3) is 1.87. The summed E-state index contributed by atoms with van der Waals surface area (Å²) in [5.41, 5.74) is 1.07. The van der Waals surface area contributed by atoms with E-state index in [0.717, 1.165) is 22.0 Å². The van der Waals surface area contributed by atoms with Crippen molar-refractivity contribution in [2.45, 2.75) is 13.5 Å². The van der Waals surface area contributed by atoms with Gasteiger partial charge in [-0.3, -0.25) is 0 Å². The summed E-state index contributed by atoms with van der Waals surface area (Å²) < 4.78 is 2.70. The topological polar surface area (TPSA) is 33.6 Å². The average Bonchev–Trinajstić information content (AvgIpc) is 2.64. The first kappa shape index (κ1) is 8.65. The number of nitrogens with zero attached hydrogens (tertiary/aromatic N) is 2. The van der Waals surface area contributed by atoms with Crippen LogP contribution in [0, 0.1) is 11.7 Å². The largest absolute Gasteiger partial charge is 0.337 e. The van der Waals surface area contributed by atoms with Gasteiger partial charge in [0.15, 0.2) is 4.77 Å². The van der Waals surface area contributed by atoms with E-state index in [-0.39, 0.29) is 0 Å². The Labute approximate surface area is 85.1 Å². The lowest BCUT2D eigenvalue weighted by Gasteiger charge is -1.96. The van der Waals surface area contributed by atoms with Crippen LogP contribution in [0.3, 0.4) is 0 Å². The first-order valence-electron chi connectivity index (χ1n) is 3.90. The minimum atomic E-state index is 0.741. The van der Waals surface area contributed by atoms with Crippen LogP contribution in [0.2, 0.25) is 0 Å². The molecule has 0 amide bonds. The van der Waals surface area contributed by atoms with Crippen LogP contribution in [0.4, 0.5) is 0 Å². The highest BCUT2D eigenvalue weighted by Gasteiger charge is 1.99. The molecule has 2 heterocycles. The van der Waals surface area contributed by atoms with Gasteiger partial charge in [-0.25, -0.2) is 4.98 Å². The molecule has 0 atom stereocenters. The van der Waals surface area contributed by atoms with Crippen LogP contribution in [0.15, 0.2) is 17.8 Å². The predicted molar refractivity (Wildman–Crippen MR) is 55.6 cm³/mol. The standard InChI is InChI=1S/C8H9N3S2/c1-6-10-7(5-13-6)4-11-3-2-9-8(11)12/h2-3,5H,4H2,1H3,(H,9,12). The third-order valence-electron chi connectivity index (χ3n) is 1.72. The van der Waals surface area contributed by atoms with Gasteiger partial charge in [-0.1, -0.05) is 0 Å². The zero-order chi connectivity index (χ0) is 9.26. The van der Waals surface area contributed by atoms with Gasteiger partial charge in [0.1, 0.15) is 0 Å². The van der Waals surface area contributed by atoms with Gasteiger partial charge in [-0.2, -0.15) is 0 Å². The molecule has 2 aromatic heterocycles. The zero-order valence-electron chi connectivity index (χ0n) is 7.15. The molecule has 5 heteroatoms. The van der Waals surface area contributed by atoms with E-state index in [9.17, 15) is 0 Å². The number of thiazole rings is 1. The van der Waals surface area contributed by atoms with E-state index < -0.39 is 0 Å². The van der Waals surface area contributed by atoms with Crippen LogP contribution in [-0.2, 0) is 6.54 Å². The summed E-state index contributed by atoms with van der Waals surface area (Å²) in [5, 5.41) is 3.15. The van der Waals surface area contributed by atoms with Crippen molar-refractivity contribution in [3.8, 4) is 0 Å². The molecule has 0 saturated carbocycles. The molecule has 0 aliphatic heterocycles.